The molecule has 0 unspecified atom stereocenters. The Balaban J connectivity index is 2.17. The van der Waals surface area contributed by atoms with Crippen LogP contribution < -0.4 is 5.32 Å². The van der Waals surface area contributed by atoms with Gasteiger partial charge in [0.05, 0.1) is 17.0 Å². The fourth-order valence-corrected chi connectivity index (χ4v) is 2.98. The second-order valence-corrected chi connectivity index (χ2v) is 7.24. The van der Waals surface area contributed by atoms with Crippen LogP contribution in [0, 0.1) is 5.82 Å². The molecule has 0 fully saturated rings. The van der Waals surface area contributed by atoms with Crippen molar-refractivity contribution in [1.29, 1.82) is 0 Å². The third kappa shape index (κ3) is 4.36. The number of carbonyl (C=O) groups is 1. The van der Waals surface area contributed by atoms with Crippen LogP contribution in [0.4, 0.5) is 15.8 Å². The summed E-state index contributed by atoms with van der Waals surface area (Å²) in [5, 5.41) is 12.9. The van der Waals surface area contributed by atoms with Crippen LogP contribution in [0.1, 0.15) is 29.8 Å². The zero-order valence-corrected chi connectivity index (χ0v) is 16.8. The molecule has 0 atom stereocenters. The number of nitrogens with one attached hydrogen (secondary N) is 1. The lowest BCUT2D eigenvalue weighted by Gasteiger charge is -2.27. The summed E-state index contributed by atoms with van der Waals surface area (Å²) in [6.07, 6.45) is 4.31. The van der Waals surface area contributed by atoms with Crippen LogP contribution in [0.25, 0.3) is 11.3 Å². The van der Waals surface area contributed by atoms with E-state index in [9.17, 15) is 14.3 Å². The topological polar surface area (TPSA) is 84.3 Å². The molecule has 150 valence electrons. The molecule has 29 heavy (non-hydrogen) atoms. The molecule has 1 aromatic carbocycles. The molecule has 3 rings (SSSR count). The van der Waals surface area contributed by atoms with Gasteiger partial charge < -0.3 is 15.2 Å². The van der Waals surface area contributed by atoms with E-state index in [0.717, 1.165) is 0 Å². The van der Waals surface area contributed by atoms with Crippen LogP contribution >= 0.6 is 11.6 Å². The highest BCUT2D eigenvalue weighted by Gasteiger charge is 2.25. The normalized spacial score (nSPS) is 11.3. The van der Waals surface area contributed by atoms with Crippen LogP contribution in [0.5, 0.6) is 0 Å². The fraction of sp³-hybridized carbons (Fsp3) is 0.190. The molecule has 6 nitrogen and oxygen atoms in total. The predicted molar refractivity (Wildman–Crippen MR) is 109 cm³/mol. The van der Waals surface area contributed by atoms with Crippen molar-refractivity contribution in [2.75, 3.05) is 12.4 Å². The molecule has 2 heterocycles. The number of nitrogens with zero attached hydrogens (tertiary/aromatic N) is 2. The van der Waals surface area contributed by atoms with E-state index in [1.807, 2.05) is 13.8 Å². The molecule has 0 aliphatic rings. The minimum atomic E-state index is -1.12. The summed E-state index contributed by atoms with van der Waals surface area (Å²) in [5.74, 6) is -1.59. The SMILES string of the molecule is COC(C)(C)c1cnc(-c2cc(Cl)ccc2F)cc1Nc1ccncc1C(=O)O. The number of rotatable bonds is 6. The molecule has 0 saturated heterocycles. The third-order valence-corrected chi connectivity index (χ3v) is 4.82. The number of carboxylic acid groups (broad SMARTS) is 1. The van der Waals surface area contributed by atoms with Gasteiger partial charge in [0.1, 0.15) is 11.4 Å². The highest BCUT2D eigenvalue weighted by atomic mass is 35.5. The minimum absolute atomic E-state index is 0.000899. The highest BCUT2D eigenvalue weighted by Crippen LogP contribution is 2.36. The summed E-state index contributed by atoms with van der Waals surface area (Å²) in [6, 6.07) is 7.40. The Morgan fingerprint density at radius 1 is 1.21 bits per heavy atom. The Hall–Kier alpha value is -3.03. The first-order valence-electron chi connectivity index (χ1n) is 8.68. The zero-order chi connectivity index (χ0) is 21.2. The number of aromatic carboxylic acids is 1. The summed E-state index contributed by atoms with van der Waals surface area (Å²) >= 11 is 6.02. The number of pyridine rings is 2. The van der Waals surface area contributed by atoms with Crippen molar-refractivity contribution >= 4 is 28.9 Å². The van der Waals surface area contributed by atoms with Crippen LogP contribution in [-0.2, 0) is 10.3 Å². The zero-order valence-electron chi connectivity index (χ0n) is 16.0. The first-order chi connectivity index (χ1) is 13.7. The predicted octanol–water partition coefficient (Wildman–Crippen LogP) is 5.26. The van der Waals surface area contributed by atoms with Crippen molar-refractivity contribution in [1.82, 2.24) is 9.97 Å². The van der Waals surface area contributed by atoms with Gasteiger partial charge >= 0.3 is 5.97 Å². The van der Waals surface area contributed by atoms with Crippen LogP contribution in [0.15, 0.2) is 48.9 Å². The van der Waals surface area contributed by atoms with Crippen molar-refractivity contribution < 1.29 is 19.0 Å². The molecule has 0 aliphatic heterocycles. The van der Waals surface area contributed by atoms with Gasteiger partial charge in [0.15, 0.2) is 0 Å². The quantitative estimate of drug-likeness (QED) is 0.571. The number of benzene rings is 1. The highest BCUT2D eigenvalue weighted by molar-refractivity contribution is 6.30. The van der Waals surface area contributed by atoms with Gasteiger partial charge in [0, 0.05) is 47.5 Å². The van der Waals surface area contributed by atoms with E-state index in [2.05, 4.69) is 15.3 Å². The lowest BCUT2D eigenvalue weighted by atomic mass is 9.96. The molecule has 8 heteroatoms. The number of hydrogen-bond donors (Lipinski definition) is 2. The molecule has 0 saturated carbocycles. The third-order valence-electron chi connectivity index (χ3n) is 4.59. The average molecular weight is 416 g/mol. The van der Waals surface area contributed by atoms with E-state index >= 15 is 0 Å². The number of hydrogen-bond acceptors (Lipinski definition) is 5. The summed E-state index contributed by atoms with van der Waals surface area (Å²) in [5.41, 5.74) is 1.36. The molecule has 0 spiro atoms. The van der Waals surface area contributed by atoms with Gasteiger partial charge in [-0.05, 0) is 44.2 Å². The maximum absolute atomic E-state index is 14.4. The summed E-state index contributed by atoms with van der Waals surface area (Å²) in [4.78, 5) is 19.8. The molecular formula is C21H19ClFN3O3. The number of anilines is 2. The van der Waals surface area contributed by atoms with Gasteiger partial charge in [-0.2, -0.15) is 0 Å². The Kier molecular flexibility index (Phi) is 5.81. The molecule has 0 aliphatic carbocycles. The van der Waals surface area contributed by atoms with E-state index in [4.69, 9.17) is 16.3 Å². The van der Waals surface area contributed by atoms with Crippen molar-refractivity contribution in [2.45, 2.75) is 19.4 Å². The van der Waals surface area contributed by atoms with E-state index < -0.39 is 17.4 Å². The minimum Gasteiger partial charge on any atom is -0.478 e. The second kappa shape index (κ2) is 8.14. The lowest BCUT2D eigenvalue weighted by Crippen LogP contribution is -2.21. The van der Waals surface area contributed by atoms with E-state index in [-0.39, 0.29) is 11.1 Å². The largest absolute Gasteiger partial charge is 0.478 e. The van der Waals surface area contributed by atoms with E-state index in [1.165, 1.54) is 30.6 Å². The number of methoxy groups -OCH3 is 1. The molecule has 0 amide bonds. The van der Waals surface area contributed by atoms with Gasteiger partial charge in [-0.3, -0.25) is 9.97 Å². The van der Waals surface area contributed by atoms with Crippen LogP contribution in [0.3, 0.4) is 0 Å². The van der Waals surface area contributed by atoms with Gasteiger partial charge in [-0.1, -0.05) is 11.6 Å². The maximum Gasteiger partial charge on any atom is 0.339 e. The number of ether oxygens (including phenoxy) is 1. The number of halogens is 2. The summed E-state index contributed by atoms with van der Waals surface area (Å²) < 4.78 is 19.9. The van der Waals surface area contributed by atoms with Crippen molar-refractivity contribution in [3.05, 3.63) is 70.9 Å². The first kappa shape index (κ1) is 20.7. The van der Waals surface area contributed by atoms with Crippen molar-refractivity contribution in [2.24, 2.45) is 0 Å². The fourth-order valence-electron chi connectivity index (χ4n) is 2.81. The lowest BCUT2D eigenvalue weighted by molar-refractivity contribution is 0.0196. The van der Waals surface area contributed by atoms with Gasteiger partial charge in [0.25, 0.3) is 0 Å². The Bertz CT molecular complexity index is 1070. The number of carboxylic acids is 1. The smallest absolute Gasteiger partial charge is 0.339 e. The molecule has 2 aromatic heterocycles. The molecule has 0 radical (unpaired) electrons. The summed E-state index contributed by atoms with van der Waals surface area (Å²) in [6.45, 7) is 3.69. The standard InChI is InChI=1S/C21H19ClFN3O3/c1-21(2,29-3)15-11-25-18(13-8-12(22)4-5-16(13)23)9-19(15)26-17-6-7-24-10-14(17)20(27)28/h4-11H,1-3H3,(H,27,28)(H,24,25,26). The van der Waals surface area contributed by atoms with Crippen molar-refractivity contribution in [3.8, 4) is 11.3 Å². The second-order valence-electron chi connectivity index (χ2n) is 6.81. The molecule has 0 bridgehead atoms. The monoisotopic (exact) mass is 415 g/mol. The molecule has 2 N–H and O–H groups in total. The summed E-state index contributed by atoms with van der Waals surface area (Å²) in [7, 11) is 1.56. The van der Waals surface area contributed by atoms with E-state index in [1.54, 1.807) is 25.4 Å². The van der Waals surface area contributed by atoms with Gasteiger partial charge in [0.2, 0.25) is 0 Å². The van der Waals surface area contributed by atoms with Crippen LogP contribution in [-0.4, -0.2) is 28.2 Å². The Morgan fingerprint density at radius 3 is 2.66 bits per heavy atom. The first-order valence-corrected chi connectivity index (χ1v) is 9.06. The van der Waals surface area contributed by atoms with E-state index in [0.29, 0.717) is 27.7 Å². The average Bonchev–Trinajstić information content (AvgIpc) is 2.70. The molecular weight excluding hydrogens is 397 g/mol. The van der Waals surface area contributed by atoms with Crippen molar-refractivity contribution in [3.63, 3.8) is 0 Å². The Morgan fingerprint density at radius 2 is 1.97 bits per heavy atom. The van der Waals surface area contributed by atoms with Gasteiger partial charge in [-0.25, -0.2) is 9.18 Å². The maximum atomic E-state index is 14.4. The Labute approximate surface area is 172 Å². The molecule has 3 aromatic rings. The van der Waals surface area contributed by atoms with Gasteiger partial charge in [-0.15, -0.1) is 0 Å². The number of aromatic nitrogens is 2. The van der Waals surface area contributed by atoms with Crippen LogP contribution in [0.2, 0.25) is 5.02 Å².